The van der Waals surface area contributed by atoms with Crippen molar-refractivity contribution in [1.82, 2.24) is 0 Å². The van der Waals surface area contributed by atoms with Crippen LogP contribution in [-0.2, 0) is 0 Å². The fourth-order valence-corrected chi connectivity index (χ4v) is 1.89. The zero-order chi connectivity index (χ0) is 13.8. The summed E-state index contributed by atoms with van der Waals surface area (Å²) in [5.41, 5.74) is 1.33. The SMILES string of the molecule is Cc1cc(OC(C)C(O)c2ccccc2)ccc1F. The Hall–Kier alpha value is -1.87. The van der Waals surface area contributed by atoms with Crippen molar-refractivity contribution in [1.29, 1.82) is 0 Å². The molecule has 0 saturated heterocycles. The van der Waals surface area contributed by atoms with Crippen molar-refractivity contribution in [3.05, 3.63) is 65.5 Å². The Morgan fingerprint density at radius 1 is 1.11 bits per heavy atom. The van der Waals surface area contributed by atoms with E-state index in [2.05, 4.69) is 0 Å². The molecule has 0 saturated carbocycles. The van der Waals surface area contributed by atoms with Crippen LogP contribution in [-0.4, -0.2) is 11.2 Å². The first kappa shape index (κ1) is 13.6. The quantitative estimate of drug-likeness (QED) is 0.909. The van der Waals surface area contributed by atoms with Gasteiger partial charge in [-0.3, -0.25) is 0 Å². The third kappa shape index (κ3) is 3.32. The van der Waals surface area contributed by atoms with E-state index in [9.17, 15) is 9.50 Å². The van der Waals surface area contributed by atoms with Crippen LogP contribution in [0.4, 0.5) is 4.39 Å². The molecule has 19 heavy (non-hydrogen) atoms. The molecule has 0 amide bonds. The number of hydrogen-bond donors (Lipinski definition) is 1. The molecule has 3 heteroatoms. The van der Waals surface area contributed by atoms with Gasteiger partial charge in [0.2, 0.25) is 0 Å². The highest BCUT2D eigenvalue weighted by Gasteiger charge is 2.17. The number of rotatable bonds is 4. The molecule has 1 N–H and O–H groups in total. The number of aliphatic hydroxyl groups is 1. The fraction of sp³-hybridized carbons (Fsp3) is 0.250. The van der Waals surface area contributed by atoms with Gasteiger partial charge in [0, 0.05) is 0 Å². The topological polar surface area (TPSA) is 29.5 Å². The van der Waals surface area contributed by atoms with E-state index in [0.29, 0.717) is 11.3 Å². The van der Waals surface area contributed by atoms with Gasteiger partial charge < -0.3 is 9.84 Å². The molecule has 0 bridgehead atoms. The second kappa shape index (κ2) is 5.85. The minimum Gasteiger partial charge on any atom is -0.488 e. The number of ether oxygens (including phenoxy) is 1. The summed E-state index contributed by atoms with van der Waals surface area (Å²) < 4.78 is 18.8. The monoisotopic (exact) mass is 260 g/mol. The van der Waals surface area contributed by atoms with Crippen molar-refractivity contribution in [3.8, 4) is 5.75 Å². The van der Waals surface area contributed by atoms with Crippen LogP contribution >= 0.6 is 0 Å². The first-order valence-corrected chi connectivity index (χ1v) is 6.24. The highest BCUT2D eigenvalue weighted by Crippen LogP contribution is 2.23. The van der Waals surface area contributed by atoms with Gasteiger partial charge in [-0.1, -0.05) is 30.3 Å². The summed E-state index contributed by atoms with van der Waals surface area (Å²) in [7, 11) is 0. The van der Waals surface area contributed by atoms with Crippen LogP contribution < -0.4 is 4.74 Å². The summed E-state index contributed by atoms with van der Waals surface area (Å²) in [5.74, 6) is 0.296. The molecular formula is C16H17FO2. The predicted octanol–water partition coefficient (Wildman–Crippen LogP) is 3.64. The average Bonchev–Trinajstić information content (AvgIpc) is 2.43. The number of aliphatic hydroxyl groups excluding tert-OH is 1. The minimum atomic E-state index is -0.716. The van der Waals surface area contributed by atoms with Gasteiger partial charge in [-0.2, -0.15) is 0 Å². The molecule has 0 spiro atoms. The smallest absolute Gasteiger partial charge is 0.126 e. The van der Waals surface area contributed by atoms with E-state index in [1.807, 2.05) is 30.3 Å². The van der Waals surface area contributed by atoms with Crippen molar-refractivity contribution in [2.45, 2.75) is 26.1 Å². The lowest BCUT2D eigenvalue weighted by atomic mass is 10.1. The van der Waals surface area contributed by atoms with Crippen LogP contribution in [0.3, 0.4) is 0 Å². The van der Waals surface area contributed by atoms with Crippen molar-refractivity contribution in [3.63, 3.8) is 0 Å². The molecule has 0 aromatic heterocycles. The predicted molar refractivity (Wildman–Crippen MR) is 72.6 cm³/mol. The zero-order valence-corrected chi connectivity index (χ0v) is 11.0. The first-order valence-electron chi connectivity index (χ1n) is 6.24. The number of hydrogen-bond acceptors (Lipinski definition) is 2. The van der Waals surface area contributed by atoms with Gasteiger partial charge in [0.15, 0.2) is 0 Å². The van der Waals surface area contributed by atoms with E-state index in [4.69, 9.17) is 4.74 Å². The van der Waals surface area contributed by atoms with Crippen molar-refractivity contribution in [2.75, 3.05) is 0 Å². The molecular weight excluding hydrogens is 243 g/mol. The lowest BCUT2D eigenvalue weighted by Gasteiger charge is -2.21. The van der Waals surface area contributed by atoms with Gasteiger partial charge in [-0.05, 0) is 43.2 Å². The standard InChI is InChI=1S/C16H17FO2/c1-11-10-14(8-9-15(11)17)19-12(2)16(18)13-6-4-3-5-7-13/h3-10,12,16,18H,1-2H3. The summed E-state index contributed by atoms with van der Waals surface area (Å²) in [6.45, 7) is 3.47. The number of aryl methyl sites for hydroxylation is 1. The largest absolute Gasteiger partial charge is 0.488 e. The minimum absolute atomic E-state index is 0.261. The van der Waals surface area contributed by atoms with Crippen LogP contribution in [0.2, 0.25) is 0 Å². The fourth-order valence-electron chi connectivity index (χ4n) is 1.89. The van der Waals surface area contributed by atoms with Crippen molar-refractivity contribution >= 4 is 0 Å². The second-order valence-electron chi connectivity index (χ2n) is 4.59. The highest BCUT2D eigenvalue weighted by molar-refractivity contribution is 5.29. The molecule has 2 aromatic rings. The molecule has 2 nitrogen and oxygen atoms in total. The first-order chi connectivity index (χ1) is 9.08. The molecule has 0 aliphatic rings. The van der Waals surface area contributed by atoms with Crippen LogP contribution in [0.25, 0.3) is 0 Å². The number of halogens is 1. The molecule has 100 valence electrons. The summed E-state index contributed by atoms with van der Waals surface area (Å²) >= 11 is 0. The van der Waals surface area contributed by atoms with Gasteiger partial charge in [-0.25, -0.2) is 4.39 Å². The van der Waals surface area contributed by atoms with Gasteiger partial charge in [0.25, 0.3) is 0 Å². The van der Waals surface area contributed by atoms with Crippen LogP contribution in [0, 0.1) is 12.7 Å². The van der Waals surface area contributed by atoms with E-state index in [1.54, 1.807) is 26.0 Å². The Bertz CT molecular complexity index is 540. The maximum Gasteiger partial charge on any atom is 0.126 e. The third-order valence-corrected chi connectivity index (χ3v) is 3.04. The van der Waals surface area contributed by atoms with E-state index < -0.39 is 12.2 Å². The lowest BCUT2D eigenvalue weighted by Crippen LogP contribution is -2.21. The van der Waals surface area contributed by atoms with E-state index in [0.717, 1.165) is 5.56 Å². The van der Waals surface area contributed by atoms with Crippen molar-refractivity contribution in [2.24, 2.45) is 0 Å². The molecule has 0 heterocycles. The zero-order valence-electron chi connectivity index (χ0n) is 11.0. The van der Waals surface area contributed by atoms with Gasteiger partial charge in [0.05, 0.1) is 0 Å². The van der Waals surface area contributed by atoms with Crippen LogP contribution in [0.5, 0.6) is 5.75 Å². The third-order valence-electron chi connectivity index (χ3n) is 3.04. The maximum atomic E-state index is 13.2. The number of benzene rings is 2. The lowest BCUT2D eigenvalue weighted by molar-refractivity contribution is 0.0467. The molecule has 0 radical (unpaired) electrons. The Morgan fingerprint density at radius 2 is 1.79 bits per heavy atom. The normalized spacial score (nSPS) is 13.9. The Balaban J connectivity index is 2.08. The summed E-state index contributed by atoms with van der Waals surface area (Å²) in [6.07, 6.45) is -1.13. The van der Waals surface area contributed by atoms with Gasteiger partial charge in [0.1, 0.15) is 23.8 Å². The van der Waals surface area contributed by atoms with E-state index in [1.165, 1.54) is 6.07 Å². The van der Waals surface area contributed by atoms with Crippen LogP contribution in [0.1, 0.15) is 24.2 Å². The summed E-state index contributed by atoms with van der Waals surface area (Å²) in [6, 6.07) is 13.9. The second-order valence-corrected chi connectivity index (χ2v) is 4.59. The van der Waals surface area contributed by atoms with Gasteiger partial charge >= 0.3 is 0 Å². The van der Waals surface area contributed by atoms with Crippen molar-refractivity contribution < 1.29 is 14.2 Å². The molecule has 2 atom stereocenters. The molecule has 0 aliphatic heterocycles. The summed E-state index contributed by atoms with van der Waals surface area (Å²) in [4.78, 5) is 0. The van der Waals surface area contributed by atoms with E-state index in [-0.39, 0.29) is 5.82 Å². The molecule has 0 fully saturated rings. The van der Waals surface area contributed by atoms with Gasteiger partial charge in [-0.15, -0.1) is 0 Å². The molecule has 2 aromatic carbocycles. The molecule has 2 unspecified atom stereocenters. The Labute approximate surface area is 112 Å². The average molecular weight is 260 g/mol. The highest BCUT2D eigenvalue weighted by atomic mass is 19.1. The van der Waals surface area contributed by atoms with E-state index >= 15 is 0 Å². The Morgan fingerprint density at radius 3 is 2.42 bits per heavy atom. The Kier molecular flexibility index (Phi) is 4.17. The molecule has 0 aliphatic carbocycles. The summed E-state index contributed by atoms with van der Waals surface area (Å²) in [5, 5.41) is 10.2. The van der Waals surface area contributed by atoms with Crippen LogP contribution in [0.15, 0.2) is 48.5 Å². The molecule has 2 rings (SSSR count). The maximum absolute atomic E-state index is 13.2.